The van der Waals surface area contributed by atoms with Crippen LogP contribution in [0.5, 0.6) is 6.01 Å². The van der Waals surface area contributed by atoms with Gasteiger partial charge in [0.25, 0.3) is 0 Å². The molecule has 1 aliphatic rings. The maximum Gasteiger partial charge on any atom is 0.356 e. The molecule has 0 radical (unpaired) electrons. The summed E-state index contributed by atoms with van der Waals surface area (Å²) in [5.41, 5.74) is 7.14. The van der Waals surface area contributed by atoms with Crippen molar-refractivity contribution in [1.82, 2.24) is 19.5 Å². The molecule has 0 aliphatic heterocycles. The van der Waals surface area contributed by atoms with Gasteiger partial charge in [0.1, 0.15) is 13.0 Å². The van der Waals surface area contributed by atoms with Gasteiger partial charge in [0.2, 0.25) is 0 Å². The fourth-order valence-electron chi connectivity index (χ4n) is 3.55. The van der Waals surface area contributed by atoms with Gasteiger partial charge in [0, 0.05) is 7.11 Å². The van der Waals surface area contributed by atoms with E-state index in [4.69, 9.17) is 29.0 Å². The SMILES string of the molecule is CCOP(=O)(CO[C@@H]1CCC[C@H]1n1cnc2c(N)nc(OCCOC)nc21)OCC. The first-order chi connectivity index (χ1) is 14.5. The van der Waals surface area contributed by atoms with Gasteiger partial charge < -0.3 is 33.6 Å². The van der Waals surface area contributed by atoms with Gasteiger partial charge in [0.15, 0.2) is 17.0 Å². The van der Waals surface area contributed by atoms with Gasteiger partial charge in [-0.2, -0.15) is 9.97 Å². The molecule has 1 fully saturated rings. The van der Waals surface area contributed by atoms with Gasteiger partial charge in [-0.3, -0.25) is 4.57 Å². The molecular weight excluding hydrogens is 413 g/mol. The van der Waals surface area contributed by atoms with Gasteiger partial charge in [-0.25, -0.2) is 4.98 Å². The summed E-state index contributed by atoms with van der Waals surface area (Å²) >= 11 is 0. The number of anilines is 1. The third kappa shape index (κ3) is 5.28. The summed E-state index contributed by atoms with van der Waals surface area (Å²) in [5, 5.41) is 0. The molecule has 0 saturated heterocycles. The molecule has 0 amide bonds. The van der Waals surface area contributed by atoms with Crippen molar-refractivity contribution in [3.05, 3.63) is 6.33 Å². The van der Waals surface area contributed by atoms with E-state index in [9.17, 15) is 4.57 Å². The molecule has 0 bridgehead atoms. The van der Waals surface area contributed by atoms with Crippen LogP contribution in [0.25, 0.3) is 11.2 Å². The van der Waals surface area contributed by atoms with Crippen molar-refractivity contribution in [3.63, 3.8) is 0 Å². The molecule has 1 aliphatic carbocycles. The molecule has 168 valence electrons. The highest BCUT2D eigenvalue weighted by molar-refractivity contribution is 7.53. The quantitative estimate of drug-likeness (QED) is 0.385. The van der Waals surface area contributed by atoms with Crippen LogP contribution in [0.4, 0.5) is 5.82 Å². The first kappa shape index (κ1) is 22.9. The van der Waals surface area contributed by atoms with Crippen LogP contribution in [0.1, 0.15) is 39.2 Å². The van der Waals surface area contributed by atoms with Crippen LogP contribution >= 0.6 is 7.60 Å². The molecule has 11 nitrogen and oxygen atoms in total. The summed E-state index contributed by atoms with van der Waals surface area (Å²) in [5.74, 6) is 0.249. The highest BCUT2D eigenvalue weighted by Gasteiger charge is 2.34. The fourth-order valence-corrected chi connectivity index (χ4v) is 4.94. The Morgan fingerprint density at radius 1 is 1.20 bits per heavy atom. The lowest BCUT2D eigenvalue weighted by atomic mass is 10.2. The van der Waals surface area contributed by atoms with E-state index in [-0.39, 0.29) is 30.3 Å². The monoisotopic (exact) mass is 443 g/mol. The molecule has 0 spiro atoms. The Morgan fingerprint density at radius 3 is 2.67 bits per heavy atom. The number of hydrogen-bond acceptors (Lipinski definition) is 10. The number of fused-ring (bicyclic) bond motifs is 1. The van der Waals surface area contributed by atoms with Gasteiger partial charge in [-0.15, -0.1) is 0 Å². The van der Waals surface area contributed by atoms with Crippen LogP contribution in [-0.2, 0) is 23.1 Å². The Balaban J connectivity index is 1.79. The largest absolute Gasteiger partial charge is 0.461 e. The number of nitrogens with zero attached hydrogens (tertiary/aromatic N) is 4. The Bertz CT molecular complexity index is 868. The van der Waals surface area contributed by atoms with Crippen LogP contribution in [0.3, 0.4) is 0 Å². The lowest BCUT2D eigenvalue weighted by Crippen LogP contribution is -2.23. The van der Waals surface area contributed by atoms with E-state index in [0.29, 0.717) is 37.6 Å². The van der Waals surface area contributed by atoms with E-state index >= 15 is 0 Å². The lowest BCUT2D eigenvalue weighted by molar-refractivity contribution is 0.0454. The second kappa shape index (κ2) is 10.5. The third-order valence-electron chi connectivity index (χ3n) is 4.82. The molecule has 0 aromatic carbocycles. The van der Waals surface area contributed by atoms with E-state index in [0.717, 1.165) is 19.3 Å². The zero-order valence-electron chi connectivity index (χ0n) is 17.7. The highest BCUT2D eigenvalue weighted by Crippen LogP contribution is 2.49. The average Bonchev–Trinajstić information content (AvgIpc) is 3.33. The van der Waals surface area contributed by atoms with Crippen molar-refractivity contribution in [2.45, 2.75) is 45.3 Å². The van der Waals surface area contributed by atoms with Crippen molar-refractivity contribution < 1.29 is 27.8 Å². The molecule has 2 heterocycles. The van der Waals surface area contributed by atoms with Crippen LogP contribution in [0.15, 0.2) is 6.33 Å². The topological polar surface area (TPSA) is 133 Å². The maximum absolute atomic E-state index is 12.7. The van der Waals surface area contributed by atoms with Gasteiger partial charge in [-0.05, 0) is 33.1 Å². The maximum atomic E-state index is 12.7. The number of methoxy groups -OCH3 is 1. The summed E-state index contributed by atoms with van der Waals surface area (Å²) in [6, 6.07) is 0.138. The predicted octanol–water partition coefficient (Wildman–Crippen LogP) is 2.77. The Morgan fingerprint density at radius 2 is 1.97 bits per heavy atom. The van der Waals surface area contributed by atoms with Crippen LogP contribution in [0.2, 0.25) is 0 Å². The zero-order valence-corrected chi connectivity index (χ0v) is 18.5. The zero-order chi connectivity index (χ0) is 21.6. The average molecular weight is 443 g/mol. The van der Waals surface area contributed by atoms with Gasteiger partial charge in [-0.1, -0.05) is 0 Å². The number of imidazole rings is 1. The van der Waals surface area contributed by atoms with E-state index in [1.807, 2.05) is 4.57 Å². The van der Waals surface area contributed by atoms with E-state index < -0.39 is 7.60 Å². The molecule has 3 rings (SSSR count). The number of hydrogen-bond donors (Lipinski definition) is 1. The minimum absolute atomic E-state index is 0.0344. The minimum Gasteiger partial charge on any atom is -0.461 e. The van der Waals surface area contributed by atoms with Crippen molar-refractivity contribution in [2.24, 2.45) is 0 Å². The highest BCUT2D eigenvalue weighted by atomic mass is 31.2. The summed E-state index contributed by atoms with van der Waals surface area (Å²) in [6.45, 7) is 4.87. The summed E-state index contributed by atoms with van der Waals surface area (Å²) in [4.78, 5) is 13.0. The van der Waals surface area contributed by atoms with Crippen LogP contribution < -0.4 is 10.5 Å². The Hall–Kier alpha value is -1.78. The molecule has 2 atom stereocenters. The number of nitrogens with two attached hydrogens (primary N) is 1. The summed E-state index contributed by atoms with van der Waals surface area (Å²) in [6.07, 6.45) is 4.07. The summed E-state index contributed by atoms with van der Waals surface area (Å²) in [7, 11) is -1.69. The molecule has 2 N–H and O–H groups in total. The standard InChI is InChI=1S/C18H30N5O6P/c1-4-28-30(24,29-5-2)12-27-14-8-6-7-13(14)23-11-20-15-16(19)21-18(22-17(15)23)26-10-9-25-3/h11,13-14H,4-10,12H2,1-3H3,(H2,19,21,22)/t13-,14-/m1/s1. The van der Waals surface area contributed by atoms with Crippen molar-refractivity contribution in [3.8, 4) is 6.01 Å². The van der Waals surface area contributed by atoms with Gasteiger partial charge in [0.05, 0.1) is 38.3 Å². The first-order valence-corrected chi connectivity index (χ1v) is 11.9. The predicted molar refractivity (Wildman–Crippen MR) is 111 cm³/mol. The summed E-state index contributed by atoms with van der Waals surface area (Å²) < 4.78 is 41.9. The molecule has 12 heteroatoms. The van der Waals surface area contributed by atoms with Crippen LogP contribution in [0, 0.1) is 0 Å². The second-order valence-electron chi connectivity index (χ2n) is 6.84. The molecule has 1 saturated carbocycles. The normalized spacial score (nSPS) is 19.6. The minimum atomic E-state index is -3.28. The lowest BCUT2D eigenvalue weighted by Gasteiger charge is -2.24. The molecule has 2 aromatic rings. The smallest absolute Gasteiger partial charge is 0.356 e. The van der Waals surface area contributed by atoms with Crippen molar-refractivity contribution in [2.75, 3.05) is 45.6 Å². The first-order valence-electron chi connectivity index (χ1n) is 10.1. The molecule has 2 aromatic heterocycles. The van der Waals surface area contributed by atoms with Crippen molar-refractivity contribution >= 4 is 24.6 Å². The Labute approximate surface area is 175 Å². The van der Waals surface area contributed by atoms with Crippen LogP contribution in [-0.4, -0.2) is 65.5 Å². The van der Waals surface area contributed by atoms with E-state index in [2.05, 4.69) is 15.0 Å². The fraction of sp³-hybridized carbons (Fsp3) is 0.722. The van der Waals surface area contributed by atoms with Gasteiger partial charge >= 0.3 is 13.6 Å². The van der Waals surface area contributed by atoms with E-state index in [1.165, 1.54) is 0 Å². The molecule has 30 heavy (non-hydrogen) atoms. The number of rotatable bonds is 12. The van der Waals surface area contributed by atoms with E-state index in [1.54, 1.807) is 27.3 Å². The number of ether oxygens (including phenoxy) is 3. The van der Waals surface area contributed by atoms with Crippen molar-refractivity contribution in [1.29, 1.82) is 0 Å². The molecule has 0 unspecified atom stereocenters. The Kier molecular flexibility index (Phi) is 8.01. The third-order valence-corrected chi connectivity index (χ3v) is 6.59. The molecular formula is C18H30N5O6P. The number of aromatic nitrogens is 4. The second-order valence-corrected chi connectivity index (χ2v) is 8.83. The number of nitrogen functional groups attached to an aromatic ring is 1.